The van der Waals surface area contributed by atoms with Crippen LogP contribution in [0.1, 0.15) is 20.3 Å². The van der Waals surface area contributed by atoms with Gasteiger partial charge >= 0.3 is 0 Å². The number of benzene rings is 1. The van der Waals surface area contributed by atoms with Gasteiger partial charge in [0, 0.05) is 19.5 Å². The number of nitrogens with one attached hydrogen (secondary N) is 1. The van der Waals surface area contributed by atoms with Crippen LogP contribution < -0.4 is 11.1 Å². The zero-order valence-electron chi connectivity index (χ0n) is 12.4. The lowest BCUT2D eigenvalue weighted by Crippen LogP contribution is -2.37. The summed E-state index contributed by atoms with van der Waals surface area (Å²) in [4.78, 5) is 14.6. The van der Waals surface area contributed by atoms with E-state index in [1.54, 1.807) is 12.1 Å². The molecule has 21 heavy (non-hydrogen) atoms. The van der Waals surface area contributed by atoms with E-state index in [2.05, 4.69) is 24.1 Å². The maximum Gasteiger partial charge on any atom is 0.238 e. The number of nitrogens with zero attached hydrogens (tertiary/aromatic N) is 1. The standard InChI is InChI=1S/C15H22ClN3OS/c1-11(2)9-19(8-7-14(17)21)10-15(20)18-13-6-4-3-5-12(13)16/h3-6,11H,7-10H2,1-2H3,(H2,17,21)(H,18,20). The van der Waals surface area contributed by atoms with Gasteiger partial charge in [0.1, 0.15) is 0 Å². The Kier molecular flexibility index (Phi) is 7.64. The highest BCUT2D eigenvalue weighted by molar-refractivity contribution is 7.80. The summed E-state index contributed by atoms with van der Waals surface area (Å²) < 4.78 is 0. The molecule has 0 heterocycles. The van der Waals surface area contributed by atoms with Crippen molar-refractivity contribution in [1.82, 2.24) is 4.90 Å². The van der Waals surface area contributed by atoms with Crippen LogP contribution >= 0.6 is 23.8 Å². The Morgan fingerprint density at radius 1 is 1.43 bits per heavy atom. The Hall–Kier alpha value is -1.17. The summed E-state index contributed by atoms with van der Waals surface area (Å²) >= 11 is 10.9. The number of anilines is 1. The molecule has 0 saturated carbocycles. The Morgan fingerprint density at radius 2 is 2.10 bits per heavy atom. The molecular formula is C15H22ClN3OS. The van der Waals surface area contributed by atoms with Crippen molar-refractivity contribution in [3.8, 4) is 0 Å². The molecule has 1 amide bonds. The first kappa shape index (κ1) is 17.9. The highest BCUT2D eigenvalue weighted by Crippen LogP contribution is 2.20. The molecule has 0 aliphatic heterocycles. The van der Waals surface area contributed by atoms with Gasteiger partial charge in [-0.15, -0.1) is 0 Å². The smallest absolute Gasteiger partial charge is 0.238 e. The lowest BCUT2D eigenvalue weighted by atomic mass is 10.2. The van der Waals surface area contributed by atoms with Crippen molar-refractivity contribution >= 4 is 40.4 Å². The number of nitrogens with two attached hydrogens (primary N) is 1. The van der Waals surface area contributed by atoms with E-state index >= 15 is 0 Å². The van der Waals surface area contributed by atoms with Gasteiger partial charge in [0.05, 0.1) is 22.2 Å². The van der Waals surface area contributed by atoms with Crippen LogP contribution in [0, 0.1) is 5.92 Å². The average molecular weight is 328 g/mol. The molecule has 0 radical (unpaired) electrons. The van der Waals surface area contributed by atoms with Crippen LogP contribution in [0.15, 0.2) is 24.3 Å². The Labute approximate surface area is 136 Å². The zero-order chi connectivity index (χ0) is 15.8. The monoisotopic (exact) mass is 327 g/mol. The number of amides is 1. The van der Waals surface area contributed by atoms with Crippen molar-refractivity contribution in [3.05, 3.63) is 29.3 Å². The fraction of sp³-hybridized carbons (Fsp3) is 0.467. The molecule has 1 rings (SSSR count). The van der Waals surface area contributed by atoms with Gasteiger partial charge in [0.2, 0.25) is 5.91 Å². The molecule has 0 atom stereocenters. The maximum atomic E-state index is 12.1. The number of thiocarbonyl (C=S) groups is 1. The van der Waals surface area contributed by atoms with Crippen LogP contribution in [0.25, 0.3) is 0 Å². The second-order valence-electron chi connectivity index (χ2n) is 5.37. The molecule has 6 heteroatoms. The molecule has 0 aliphatic rings. The van der Waals surface area contributed by atoms with Gasteiger partial charge in [-0.3, -0.25) is 9.69 Å². The molecule has 0 spiro atoms. The van der Waals surface area contributed by atoms with Crippen LogP contribution in [-0.4, -0.2) is 35.4 Å². The summed E-state index contributed by atoms with van der Waals surface area (Å²) in [7, 11) is 0. The molecule has 0 bridgehead atoms. The summed E-state index contributed by atoms with van der Waals surface area (Å²) in [6, 6.07) is 7.18. The lowest BCUT2D eigenvalue weighted by Gasteiger charge is -2.23. The molecule has 116 valence electrons. The van der Waals surface area contributed by atoms with Crippen molar-refractivity contribution < 1.29 is 4.79 Å². The predicted octanol–water partition coefficient (Wildman–Crippen LogP) is 2.91. The van der Waals surface area contributed by atoms with E-state index in [0.717, 1.165) is 6.54 Å². The summed E-state index contributed by atoms with van der Waals surface area (Å²) in [6.45, 7) is 6.02. The average Bonchev–Trinajstić information content (AvgIpc) is 2.38. The molecule has 3 N–H and O–H groups in total. The van der Waals surface area contributed by atoms with Crippen molar-refractivity contribution in [2.24, 2.45) is 11.7 Å². The summed E-state index contributed by atoms with van der Waals surface area (Å²) in [6.07, 6.45) is 0.613. The van der Waals surface area contributed by atoms with E-state index < -0.39 is 0 Å². The van der Waals surface area contributed by atoms with E-state index in [1.165, 1.54) is 0 Å². The third-order valence-electron chi connectivity index (χ3n) is 2.81. The molecule has 0 saturated heterocycles. The van der Waals surface area contributed by atoms with E-state index in [4.69, 9.17) is 29.6 Å². The molecule has 0 unspecified atom stereocenters. The van der Waals surface area contributed by atoms with Crippen LogP contribution in [0.3, 0.4) is 0 Å². The SMILES string of the molecule is CC(C)CN(CCC(N)=S)CC(=O)Nc1ccccc1Cl. The molecule has 4 nitrogen and oxygen atoms in total. The zero-order valence-corrected chi connectivity index (χ0v) is 14.0. The first-order valence-corrected chi connectivity index (χ1v) is 7.72. The minimum Gasteiger partial charge on any atom is -0.393 e. The topological polar surface area (TPSA) is 58.4 Å². The first-order valence-electron chi connectivity index (χ1n) is 6.93. The largest absolute Gasteiger partial charge is 0.393 e. The minimum atomic E-state index is -0.0910. The van der Waals surface area contributed by atoms with Crippen molar-refractivity contribution in [2.75, 3.05) is 25.0 Å². The summed E-state index contributed by atoms with van der Waals surface area (Å²) in [5.74, 6) is 0.371. The molecule has 1 aromatic rings. The third kappa shape index (κ3) is 7.41. The number of rotatable bonds is 8. The molecule has 1 aromatic carbocycles. The molecule has 0 aliphatic carbocycles. The Balaban J connectivity index is 2.58. The van der Waals surface area contributed by atoms with Crippen molar-refractivity contribution in [2.45, 2.75) is 20.3 Å². The second-order valence-corrected chi connectivity index (χ2v) is 6.30. The van der Waals surface area contributed by atoms with Crippen LogP contribution in [0.4, 0.5) is 5.69 Å². The van der Waals surface area contributed by atoms with Crippen LogP contribution in [0.2, 0.25) is 5.02 Å². The Bertz CT molecular complexity index is 494. The summed E-state index contributed by atoms with van der Waals surface area (Å²) in [5.41, 5.74) is 6.16. The van der Waals surface area contributed by atoms with Gasteiger partial charge < -0.3 is 11.1 Å². The highest BCUT2D eigenvalue weighted by Gasteiger charge is 2.13. The molecule has 0 aromatic heterocycles. The van der Waals surface area contributed by atoms with Gasteiger partial charge in [0.15, 0.2) is 0 Å². The number of hydrogen-bond acceptors (Lipinski definition) is 3. The fourth-order valence-corrected chi connectivity index (χ4v) is 2.25. The lowest BCUT2D eigenvalue weighted by molar-refractivity contribution is -0.117. The van der Waals surface area contributed by atoms with E-state index in [9.17, 15) is 4.79 Å². The maximum absolute atomic E-state index is 12.1. The van der Waals surface area contributed by atoms with E-state index in [0.29, 0.717) is 41.1 Å². The summed E-state index contributed by atoms with van der Waals surface area (Å²) in [5, 5.41) is 3.36. The van der Waals surface area contributed by atoms with Crippen LogP contribution in [-0.2, 0) is 4.79 Å². The first-order chi connectivity index (χ1) is 9.88. The van der Waals surface area contributed by atoms with Gasteiger partial charge in [0.25, 0.3) is 0 Å². The molecule has 0 fully saturated rings. The van der Waals surface area contributed by atoms with Gasteiger partial charge in [-0.1, -0.05) is 49.8 Å². The van der Waals surface area contributed by atoms with E-state index in [1.807, 2.05) is 12.1 Å². The normalized spacial score (nSPS) is 10.9. The fourth-order valence-electron chi connectivity index (χ4n) is 1.98. The predicted molar refractivity (Wildman–Crippen MR) is 92.8 cm³/mol. The van der Waals surface area contributed by atoms with Gasteiger partial charge in [-0.2, -0.15) is 0 Å². The highest BCUT2D eigenvalue weighted by atomic mass is 35.5. The number of halogens is 1. The van der Waals surface area contributed by atoms with Gasteiger partial charge in [-0.05, 0) is 18.1 Å². The van der Waals surface area contributed by atoms with Crippen LogP contribution in [0.5, 0.6) is 0 Å². The molecular weight excluding hydrogens is 306 g/mol. The van der Waals surface area contributed by atoms with Gasteiger partial charge in [-0.25, -0.2) is 0 Å². The van der Waals surface area contributed by atoms with E-state index in [-0.39, 0.29) is 5.91 Å². The second kappa shape index (κ2) is 8.97. The number of carbonyl (C=O) groups is 1. The quantitative estimate of drug-likeness (QED) is 0.721. The third-order valence-corrected chi connectivity index (χ3v) is 3.35. The van der Waals surface area contributed by atoms with Crippen molar-refractivity contribution in [3.63, 3.8) is 0 Å². The number of para-hydroxylation sites is 1. The Morgan fingerprint density at radius 3 is 2.67 bits per heavy atom. The number of carbonyl (C=O) groups excluding carboxylic acids is 1. The minimum absolute atomic E-state index is 0.0910. The van der Waals surface area contributed by atoms with Crippen molar-refractivity contribution in [1.29, 1.82) is 0 Å². The number of hydrogen-bond donors (Lipinski definition) is 2.